The van der Waals surface area contributed by atoms with Gasteiger partial charge in [0.1, 0.15) is 54.2 Å². The minimum absolute atomic E-state index is 0.0409. The minimum atomic E-state index is -1.77. The summed E-state index contributed by atoms with van der Waals surface area (Å²) in [6, 6.07) is 3.92. The van der Waals surface area contributed by atoms with Gasteiger partial charge in [-0.2, -0.15) is 0 Å². The van der Waals surface area contributed by atoms with Gasteiger partial charge in [0.2, 0.25) is 5.76 Å². The van der Waals surface area contributed by atoms with Crippen molar-refractivity contribution in [3.63, 3.8) is 0 Å². The average Bonchev–Trinajstić information content (AvgIpc) is 2.99. The van der Waals surface area contributed by atoms with Crippen molar-refractivity contribution in [2.24, 2.45) is 0 Å². The van der Waals surface area contributed by atoms with Crippen molar-refractivity contribution >= 4 is 5.76 Å². The summed E-state index contributed by atoms with van der Waals surface area (Å²) < 4.78 is 33.6. The Hall–Kier alpha value is -3.64. The highest BCUT2D eigenvalue weighted by molar-refractivity contribution is 5.75. The summed E-state index contributed by atoms with van der Waals surface area (Å²) in [4.78, 5) is 0. The molecule has 15 nitrogen and oxygen atoms in total. The van der Waals surface area contributed by atoms with E-state index < -0.39 is 79.9 Å². The van der Waals surface area contributed by atoms with Gasteiger partial charge in [0.15, 0.2) is 23.9 Å². The van der Waals surface area contributed by atoms with Crippen LogP contribution in [0.25, 0.3) is 5.76 Å². The van der Waals surface area contributed by atoms with Crippen LogP contribution in [0.5, 0.6) is 11.5 Å². The summed E-state index contributed by atoms with van der Waals surface area (Å²) in [7, 11) is 0. The fraction of sp³-hybridized carbons (Fsp3) is 0.467. The number of hydrogen-bond acceptors (Lipinski definition) is 14. The van der Waals surface area contributed by atoms with E-state index >= 15 is 0 Å². The normalized spacial score (nSPS) is 38.0. The van der Waals surface area contributed by atoms with E-state index in [0.717, 1.165) is 0 Å². The third-order valence-corrected chi connectivity index (χ3v) is 8.20. The molecular formula is C30H35O15+. The van der Waals surface area contributed by atoms with Crippen molar-refractivity contribution in [1.29, 1.82) is 0 Å². The maximum absolute atomic E-state index is 11.0. The molecule has 0 aromatic heterocycles. The van der Waals surface area contributed by atoms with Crippen molar-refractivity contribution in [2.45, 2.75) is 81.4 Å². The Morgan fingerprint density at radius 3 is 2.31 bits per heavy atom. The molecule has 2 fully saturated rings. The van der Waals surface area contributed by atoms with Crippen LogP contribution >= 0.6 is 0 Å². The van der Waals surface area contributed by atoms with E-state index in [9.17, 15) is 46.0 Å². The number of rotatable bonds is 6. The van der Waals surface area contributed by atoms with Gasteiger partial charge in [-0.05, 0) is 38.1 Å². The van der Waals surface area contributed by atoms with Crippen molar-refractivity contribution in [2.75, 3.05) is 6.61 Å². The zero-order valence-corrected chi connectivity index (χ0v) is 24.0. The number of hydrogen-bond donors (Lipinski definition) is 9. The molecule has 45 heavy (non-hydrogen) atoms. The first kappa shape index (κ1) is 31.3. The van der Waals surface area contributed by atoms with Crippen LogP contribution in [0, 0.1) is 0 Å². The molecule has 0 amide bonds. The van der Waals surface area contributed by atoms with Gasteiger partial charge in [-0.3, -0.25) is 4.74 Å². The molecule has 11 unspecified atom stereocenters. The molecule has 15 heteroatoms. The second-order valence-electron chi connectivity index (χ2n) is 11.4. The first-order valence-electron chi connectivity index (χ1n) is 14.2. The Balaban J connectivity index is 1.33. The van der Waals surface area contributed by atoms with Crippen LogP contribution in [0.4, 0.5) is 0 Å². The summed E-state index contributed by atoms with van der Waals surface area (Å²) >= 11 is 0. The van der Waals surface area contributed by atoms with Gasteiger partial charge in [0.05, 0.1) is 29.6 Å². The van der Waals surface area contributed by atoms with Gasteiger partial charge in [-0.1, -0.05) is 0 Å². The summed E-state index contributed by atoms with van der Waals surface area (Å²) in [6.45, 7) is 2.67. The lowest BCUT2D eigenvalue weighted by Crippen LogP contribution is -2.61. The zero-order chi connectivity index (χ0) is 32.3. The molecule has 2 saturated heterocycles. The predicted molar refractivity (Wildman–Crippen MR) is 149 cm³/mol. The smallest absolute Gasteiger partial charge is 0.326 e. The molecule has 11 atom stereocenters. The van der Waals surface area contributed by atoms with E-state index in [1.807, 2.05) is 0 Å². The predicted octanol–water partition coefficient (Wildman–Crippen LogP) is -1.09. The maximum atomic E-state index is 11.0. The molecule has 4 heterocycles. The zero-order valence-electron chi connectivity index (χ0n) is 24.0. The van der Waals surface area contributed by atoms with E-state index in [0.29, 0.717) is 16.9 Å². The van der Waals surface area contributed by atoms with Crippen LogP contribution in [0.1, 0.15) is 19.4 Å². The summed E-state index contributed by atoms with van der Waals surface area (Å²) in [6.07, 6.45) is -11.1. The molecule has 0 radical (unpaired) electrons. The van der Waals surface area contributed by atoms with Crippen molar-refractivity contribution < 1.29 is 74.4 Å². The van der Waals surface area contributed by atoms with Crippen LogP contribution in [-0.4, -0.2) is 125 Å². The molecule has 0 spiro atoms. The number of phenolic OH excluding ortho intramolecular Hbond substituents is 2. The van der Waals surface area contributed by atoms with Crippen molar-refractivity contribution in [3.8, 4) is 11.5 Å². The number of allylic oxidation sites excluding steroid dienone is 3. The van der Waals surface area contributed by atoms with Crippen LogP contribution in [-0.2, 0) is 23.7 Å². The second kappa shape index (κ2) is 11.9. The lowest BCUT2D eigenvalue weighted by molar-refractivity contribution is -0.346. The topological polar surface area (TPSA) is 241 Å². The van der Waals surface area contributed by atoms with Gasteiger partial charge in [0, 0.05) is 17.7 Å². The SMILES string of the molecule is CC1=CC2=C3C(=CC(O)=CC3O1)OC(c1ccc(O)c(O)c1)=C2[OH+]C1OC(COC2OC(C)C(O)C(O)C2O)C(O)C(O)C1O. The highest BCUT2D eigenvalue weighted by atomic mass is 16.7. The van der Waals surface area contributed by atoms with Crippen LogP contribution in [0.15, 0.2) is 70.6 Å². The molecule has 0 bridgehead atoms. The Morgan fingerprint density at radius 1 is 0.844 bits per heavy atom. The molecule has 244 valence electrons. The fourth-order valence-corrected chi connectivity index (χ4v) is 5.73. The average molecular weight is 636 g/mol. The number of benzene rings is 1. The van der Waals surface area contributed by atoms with Gasteiger partial charge in [-0.15, -0.1) is 0 Å². The Bertz CT molecular complexity index is 1490. The quantitative estimate of drug-likeness (QED) is 0.133. The highest BCUT2D eigenvalue weighted by Crippen LogP contribution is 2.46. The van der Waals surface area contributed by atoms with E-state index in [4.69, 9.17) is 23.7 Å². The Morgan fingerprint density at radius 2 is 1.58 bits per heavy atom. The molecule has 6 rings (SSSR count). The van der Waals surface area contributed by atoms with E-state index in [1.54, 1.807) is 13.0 Å². The first-order chi connectivity index (χ1) is 21.3. The molecule has 1 aromatic carbocycles. The van der Waals surface area contributed by atoms with Crippen LogP contribution in [0.3, 0.4) is 0 Å². The summed E-state index contributed by atoms with van der Waals surface area (Å²) in [5.41, 5.74) is 1.20. The largest absolute Gasteiger partial charge is 0.555 e. The second-order valence-corrected chi connectivity index (χ2v) is 11.4. The van der Waals surface area contributed by atoms with Gasteiger partial charge in [0.25, 0.3) is 0 Å². The van der Waals surface area contributed by atoms with Crippen molar-refractivity contribution in [3.05, 3.63) is 76.2 Å². The van der Waals surface area contributed by atoms with Gasteiger partial charge < -0.3 is 69.6 Å². The van der Waals surface area contributed by atoms with Crippen LogP contribution < -0.4 is 0 Å². The van der Waals surface area contributed by atoms with Crippen molar-refractivity contribution in [1.82, 2.24) is 0 Å². The minimum Gasteiger partial charge on any atom is -0.555 e. The number of aromatic hydroxyl groups is 2. The summed E-state index contributed by atoms with van der Waals surface area (Å²) in [5.74, 6) is -0.148. The molecule has 10 N–H and O–H groups in total. The van der Waals surface area contributed by atoms with E-state index in [-0.39, 0.29) is 34.3 Å². The van der Waals surface area contributed by atoms with E-state index in [2.05, 4.69) is 4.74 Å². The molecule has 0 saturated carbocycles. The molecule has 1 aromatic rings. The Kier molecular flexibility index (Phi) is 8.32. The lowest BCUT2D eigenvalue weighted by atomic mass is 9.89. The number of ether oxygens (including phenoxy) is 6. The third kappa shape index (κ3) is 5.67. The maximum Gasteiger partial charge on any atom is 0.326 e. The number of phenols is 2. The molecule has 5 aliphatic rings. The van der Waals surface area contributed by atoms with E-state index in [1.165, 1.54) is 37.3 Å². The fourth-order valence-electron chi connectivity index (χ4n) is 5.73. The molecular weight excluding hydrogens is 600 g/mol. The molecule has 1 aliphatic carbocycles. The molecule has 4 aliphatic heterocycles. The highest BCUT2D eigenvalue weighted by Gasteiger charge is 2.51. The first-order valence-corrected chi connectivity index (χ1v) is 14.2. The monoisotopic (exact) mass is 635 g/mol. The third-order valence-electron chi connectivity index (χ3n) is 8.20. The van der Waals surface area contributed by atoms with Gasteiger partial charge in [-0.25, -0.2) is 0 Å². The lowest BCUT2D eigenvalue weighted by Gasteiger charge is -2.42. The van der Waals surface area contributed by atoms with Crippen LogP contribution in [0.2, 0.25) is 0 Å². The van der Waals surface area contributed by atoms with Gasteiger partial charge >= 0.3 is 12.0 Å². The summed E-state index contributed by atoms with van der Waals surface area (Å²) in [5, 5.41) is 93.2. The Labute approximate surface area is 256 Å². The number of aliphatic hydroxyl groups is 9. The standard InChI is InChI=1S/C30H34O15/c1-10-5-14-20-17(41-10)7-13(31)8-18(20)43-27(12-3-4-15(32)16(33)6-12)28(14)45-30-26(39)24(37)22(35)19(44-30)9-40-29-25(38)23(36)21(34)11(2)42-29/h3-8,11,17,19,21-26,29-39H,9H2,1-2H3/p+1. The number of aliphatic hydroxyl groups excluding tert-OH is 7.